The highest BCUT2D eigenvalue weighted by atomic mass is 16.7. The molecular weight excluding hydrogens is 1040 g/mol. The monoisotopic (exact) mass is 1170 g/mol. The molecule has 0 bridgehead atoms. The number of hydrogen-bond donors (Lipinski definition) is 3. The van der Waals surface area contributed by atoms with E-state index in [1.165, 1.54) is 218 Å². The number of rotatable bonds is 62. The molecule has 1 heterocycles. The Bertz CT molecular complexity index is 1530. The predicted molar refractivity (Wildman–Crippen MR) is 340 cm³/mol. The third-order valence-electron chi connectivity index (χ3n) is 16.5. The number of ether oxygens (including phenoxy) is 5. The minimum Gasteiger partial charge on any atom is -0.479 e. The molecule has 486 valence electrons. The number of hydrogen-bond acceptors (Lipinski definition) is 11. The first-order valence-corrected chi connectivity index (χ1v) is 35.3. The van der Waals surface area contributed by atoms with Gasteiger partial charge in [0.2, 0.25) is 0 Å². The van der Waals surface area contributed by atoms with E-state index in [9.17, 15) is 34.5 Å². The largest absolute Gasteiger partial charge is 0.479 e. The van der Waals surface area contributed by atoms with Crippen LogP contribution < -0.4 is 0 Å². The maximum atomic E-state index is 13.2. The van der Waals surface area contributed by atoms with Gasteiger partial charge in [0, 0.05) is 19.3 Å². The Balaban J connectivity index is 2.60. The fourth-order valence-electron chi connectivity index (χ4n) is 11.1. The van der Waals surface area contributed by atoms with E-state index < -0.39 is 67.3 Å². The molecule has 0 aromatic rings. The van der Waals surface area contributed by atoms with Crippen molar-refractivity contribution in [3.63, 3.8) is 0 Å². The second kappa shape index (κ2) is 59.5. The number of aliphatic carboxylic acids is 1. The molecular formula is C71H130O12. The summed E-state index contributed by atoms with van der Waals surface area (Å²) >= 11 is 0. The van der Waals surface area contributed by atoms with E-state index in [1.54, 1.807) is 0 Å². The molecule has 12 nitrogen and oxygen atoms in total. The minimum atomic E-state index is -1.90. The van der Waals surface area contributed by atoms with Gasteiger partial charge in [-0.05, 0) is 70.6 Å². The number of aliphatic hydroxyl groups is 2. The van der Waals surface area contributed by atoms with Crippen molar-refractivity contribution >= 4 is 23.9 Å². The van der Waals surface area contributed by atoms with Gasteiger partial charge in [-0.25, -0.2) is 4.79 Å². The SMILES string of the molecule is CCCCCCCC/C=C\CCCCCCCCCCCC(=O)OCC(COC1OC(C(=O)O)C(O)C(O)C1OC(=O)CCCCCCCCCCCCCCCCCCCCC)OC(=O)CCCCCCC/C=C\CCCCCCCC. The molecule has 0 spiro atoms. The summed E-state index contributed by atoms with van der Waals surface area (Å²) in [4.78, 5) is 51.4. The molecule has 12 heteroatoms. The Morgan fingerprint density at radius 3 is 1.02 bits per heavy atom. The highest BCUT2D eigenvalue weighted by Crippen LogP contribution is 2.27. The van der Waals surface area contributed by atoms with Crippen molar-refractivity contribution in [3.8, 4) is 0 Å². The first-order chi connectivity index (χ1) is 40.6. The molecule has 0 aromatic heterocycles. The van der Waals surface area contributed by atoms with Crippen LogP contribution in [0, 0.1) is 0 Å². The van der Waals surface area contributed by atoms with E-state index in [2.05, 4.69) is 45.1 Å². The van der Waals surface area contributed by atoms with E-state index in [-0.39, 0.29) is 25.9 Å². The highest BCUT2D eigenvalue weighted by Gasteiger charge is 2.50. The fourth-order valence-corrected chi connectivity index (χ4v) is 11.1. The molecule has 83 heavy (non-hydrogen) atoms. The molecule has 0 aliphatic carbocycles. The zero-order valence-electron chi connectivity index (χ0n) is 54.0. The van der Waals surface area contributed by atoms with E-state index in [0.717, 1.165) is 77.0 Å². The maximum Gasteiger partial charge on any atom is 0.335 e. The van der Waals surface area contributed by atoms with Crippen LogP contribution in [0.15, 0.2) is 24.3 Å². The summed E-state index contributed by atoms with van der Waals surface area (Å²) in [5.41, 5.74) is 0. The minimum absolute atomic E-state index is 0.0669. The summed E-state index contributed by atoms with van der Waals surface area (Å²) in [7, 11) is 0. The Morgan fingerprint density at radius 1 is 0.386 bits per heavy atom. The number of esters is 3. The van der Waals surface area contributed by atoms with Crippen molar-refractivity contribution < 1.29 is 58.2 Å². The van der Waals surface area contributed by atoms with Crippen molar-refractivity contribution in [3.05, 3.63) is 24.3 Å². The molecule has 0 radical (unpaired) electrons. The van der Waals surface area contributed by atoms with E-state index in [0.29, 0.717) is 19.3 Å². The second-order valence-electron chi connectivity index (χ2n) is 24.5. The number of carbonyl (C=O) groups is 4. The average Bonchev–Trinajstić information content (AvgIpc) is 3.57. The Labute approximate surface area is 508 Å². The first kappa shape index (κ1) is 78.2. The molecule has 0 saturated carbocycles. The Morgan fingerprint density at radius 2 is 0.687 bits per heavy atom. The maximum absolute atomic E-state index is 13.2. The van der Waals surface area contributed by atoms with Gasteiger partial charge in [0.1, 0.15) is 18.8 Å². The average molecular weight is 1180 g/mol. The Kier molecular flexibility index (Phi) is 56.1. The van der Waals surface area contributed by atoms with Gasteiger partial charge in [0.15, 0.2) is 24.6 Å². The first-order valence-electron chi connectivity index (χ1n) is 35.3. The van der Waals surface area contributed by atoms with Crippen LogP contribution in [-0.4, -0.2) is 89.2 Å². The summed E-state index contributed by atoms with van der Waals surface area (Å²) in [5, 5.41) is 31.7. The van der Waals surface area contributed by atoms with E-state index >= 15 is 0 Å². The van der Waals surface area contributed by atoms with Gasteiger partial charge >= 0.3 is 23.9 Å². The molecule has 1 saturated heterocycles. The number of carboxylic acid groups (broad SMARTS) is 1. The zero-order chi connectivity index (χ0) is 60.3. The smallest absolute Gasteiger partial charge is 0.335 e. The normalized spacial score (nSPS) is 17.6. The molecule has 1 fully saturated rings. The zero-order valence-corrected chi connectivity index (χ0v) is 54.0. The molecule has 3 N–H and O–H groups in total. The van der Waals surface area contributed by atoms with E-state index in [4.69, 9.17) is 23.7 Å². The third kappa shape index (κ3) is 48.9. The summed E-state index contributed by atoms with van der Waals surface area (Å²) < 4.78 is 28.6. The number of unbranched alkanes of at least 4 members (excludes halogenated alkanes) is 44. The van der Waals surface area contributed by atoms with Gasteiger partial charge in [-0.3, -0.25) is 14.4 Å². The fraction of sp³-hybridized carbons (Fsp3) is 0.887. The highest BCUT2D eigenvalue weighted by molar-refractivity contribution is 5.74. The van der Waals surface area contributed by atoms with Crippen LogP contribution in [0.1, 0.15) is 355 Å². The van der Waals surface area contributed by atoms with Crippen LogP contribution in [0.4, 0.5) is 0 Å². The van der Waals surface area contributed by atoms with Crippen molar-refractivity contribution in [1.82, 2.24) is 0 Å². The van der Waals surface area contributed by atoms with Crippen LogP contribution >= 0.6 is 0 Å². The van der Waals surface area contributed by atoms with Crippen LogP contribution in [-0.2, 0) is 42.9 Å². The quantitative estimate of drug-likeness (QED) is 0.0228. The van der Waals surface area contributed by atoms with Crippen molar-refractivity contribution in [2.75, 3.05) is 13.2 Å². The molecule has 6 atom stereocenters. The van der Waals surface area contributed by atoms with Gasteiger partial charge in [-0.15, -0.1) is 0 Å². The second-order valence-corrected chi connectivity index (χ2v) is 24.5. The van der Waals surface area contributed by atoms with Gasteiger partial charge < -0.3 is 39.0 Å². The lowest BCUT2D eigenvalue weighted by molar-refractivity contribution is -0.301. The summed E-state index contributed by atoms with van der Waals surface area (Å²) in [6, 6.07) is 0. The Hall–Kier alpha value is -2.80. The van der Waals surface area contributed by atoms with Gasteiger partial charge in [0.05, 0.1) is 6.61 Å². The molecule has 6 unspecified atom stereocenters. The molecule has 1 aliphatic rings. The number of carbonyl (C=O) groups excluding carboxylic acids is 3. The third-order valence-corrected chi connectivity index (χ3v) is 16.5. The number of allylic oxidation sites excluding steroid dienone is 4. The van der Waals surface area contributed by atoms with Gasteiger partial charge in [-0.2, -0.15) is 0 Å². The molecule has 0 amide bonds. The summed E-state index contributed by atoms with van der Waals surface area (Å²) in [5.74, 6) is -3.09. The number of aliphatic hydroxyl groups excluding tert-OH is 2. The van der Waals surface area contributed by atoms with Gasteiger partial charge in [-0.1, -0.05) is 289 Å². The van der Waals surface area contributed by atoms with Crippen LogP contribution in [0.2, 0.25) is 0 Å². The standard InChI is InChI=1S/C71H130O12/c1-4-7-10-13-16-19-22-25-28-30-32-34-37-39-42-45-48-51-54-57-63(72)79-60-62(81-64(73)58-55-52-49-46-43-40-36-27-24-21-18-15-12-9-6-3)61-80-71-69(67(76)66(75)68(83-71)70(77)78)82-65(74)59-56-53-50-47-44-41-38-35-33-31-29-26-23-20-17-14-11-8-5-2/h25,27-28,36,62,66-69,71,75-76H,4-24,26,29-35,37-61H2,1-3H3,(H,77,78)/b28-25-,36-27-. The van der Waals surface area contributed by atoms with Crippen molar-refractivity contribution in [1.29, 1.82) is 0 Å². The molecule has 1 rings (SSSR count). The van der Waals surface area contributed by atoms with E-state index in [1.807, 2.05) is 0 Å². The van der Waals surface area contributed by atoms with Crippen LogP contribution in [0.25, 0.3) is 0 Å². The van der Waals surface area contributed by atoms with Crippen molar-refractivity contribution in [2.24, 2.45) is 0 Å². The molecule has 1 aliphatic heterocycles. The van der Waals surface area contributed by atoms with Crippen LogP contribution in [0.5, 0.6) is 0 Å². The summed E-state index contributed by atoms with van der Waals surface area (Å²) in [6.07, 6.45) is 58.5. The summed E-state index contributed by atoms with van der Waals surface area (Å²) in [6.45, 7) is 6.05. The van der Waals surface area contributed by atoms with Crippen LogP contribution in [0.3, 0.4) is 0 Å². The molecule has 0 aromatic carbocycles. The van der Waals surface area contributed by atoms with Gasteiger partial charge in [0.25, 0.3) is 0 Å². The lowest BCUT2D eigenvalue weighted by Crippen LogP contribution is -2.61. The predicted octanol–water partition coefficient (Wildman–Crippen LogP) is 19.4. The topological polar surface area (TPSA) is 175 Å². The lowest BCUT2D eigenvalue weighted by atomic mass is 9.98. The lowest BCUT2D eigenvalue weighted by Gasteiger charge is -2.40. The van der Waals surface area contributed by atoms with Crippen molar-refractivity contribution in [2.45, 2.75) is 391 Å². The number of carboxylic acids is 1.